The highest BCUT2D eigenvalue weighted by molar-refractivity contribution is 7.80. The summed E-state index contributed by atoms with van der Waals surface area (Å²) in [6.45, 7) is 2.04. The fourth-order valence-corrected chi connectivity index (χ4v) is 5.01. The van der Waals surface area contributed by atoms with Crippen LogP contribution in [0.25, 0.3) is 10.2 Å². The zero-order valence-electron chi connectivity index (χ0n) is 12.1. The first-order chi connectivity index (χ1) is 10.2. The van der Waals surface area contributed by atoms with Crippen molar-refractivity contribution in [3.63, 3.8) is 0 Å². The number of aryl methyl sites for hydroxylation is 1. The van der Waals surface area contributed by atoms with Crippen LogP contribution in [0, 0.1) is 18.8 Å². The summed E-state index contributed by atoms with van der Waals surface area (Å²) in [4.78, 5) is 4.48. The lowest BCUT2D eigenvalue weighted by Crippen LogP contribution is -2.40. The van der Waals surface area contributed by atoms with Crippen LogP contribution in [0.5, 0.6) is 0 Å². The molecule has 5 heteroatoms. The van der Waals surface area contributed by atoms with Gasteiger partial charge in [0.15, 0.2) is 5.11 Å². The molecule has 3 nitrogen and oxygen atoms in total. The van der Waals surface area contributed by atoms with Gasteiger partial charge in [-0.2, -0.15) is 0 Å². The molecule has 2 fully saturated rings. The summed E-state index contributed by atoms with van der Waals surface area (Å²) in [7, 11) is 0. The van der Waals surface area contributed by atoms with Crippen molar-refractivity contribution >= 4 is 44.6 Å². The van der Waals surface area contributed by atoms with Gasteiger partial charge in [0, 0.05) is 11.7 Å². The van der Waals surface area contributed by atoms with Crippen molar-refractivity contribution in [1.82, 2.24) is 10.3 Å². The van der Waals surface area contributed by atoms with Gasteiger partial charge in [0.05, 0.1) is 15.2 Å². The number of rotatable bonds is 2. The molecule has 2 bridgehead atoms. The fraction of sp³-hybridized carbons (Fsp3) is 0.500. The third kappa shape index (κ3) is 2.64. The highest BCUT2D eigenvalue weighted by Gasteiger charge is 2.39. The second kappa shape index (κ2) is 5.21. The van der Waals surface area contributed by atoms with E-state index in [-0.39, 0.29) is 0 Å². The predicted octanol–water partition coefficient (Wildman–Crippen LogP) is 4.08. The molecular formula is C16H19N3S2. The first-order valence-corrected chi connectivity index (χ1v) is 8.84. The van der Waals surface area contributed by atoms with Crippen LogP contribution >= 0.6 is 23.6 Å². The average molecular weight is 317 g/mol. The van der Waals surface area contributed by atoms with Crippen LogP contribution in [-0.2, 0) is 0 Å². The third-order valence-electron chi connectivity index (χ3n) is 4.81. The Kier molecular flexibility index (Phi) is 3.34. The quantitative estimate of drug-likeness (QED) is 0.818. The Balaban J connectivity index is 1.43. The van der Waals surface area contributed by atoms with Gasteiger partial charge in [-0.05, 0) is 68.4 Å². The number of fused-ring (bicyclic) bond motifs is 3. The van der Waals surface area contributed by atoms with Crippen LogP contribution in [0.1, 0.15) is 30.7 Å². The Morgan fingerprint density at radius 1 is 1.33 bits per heavy atom. The number of benzene rings is 1. The minimum Gasteiger partial charge on any atom is -0.359 e. The van der Waals surface area contributed by atoms with Crippen LogP contribution in [0.2, 0.25) is 0 Å². The third-order valence-corrected chi connectivity index (χ3v) is 5.96. The molecule has 0 amide bonds. The molecule has 2 saturated carbocycles. The molecule has 2 N–H and O–H groups in total. The summed E-state index contributed by atoms with van der Waals surface area (Å²) in [6, 6.07) is 6.82. The molecule has 4 rings (SSSR count). The summed E-state index contributed by atoms with van der Waals surface area (Å²) in [5, 5.41) is 8.71. The second-order valence-electron chi connectivity index (χ2n) is 6.30. The number of thiazole rings is 1. The molecule has 21 heavy (non-hydrogen) atoms. The monoisotopic (exact) mass is 317 g/mol. The number of hydrogen-bond donors (Lipinski definition) is 2. The minimum absolute atomic E-state index is 0.582. The number of nitrogens with zero attached hydrogens (tertiary/aromatic N) is 1. The Labute approximate surface area is 134 Å². The van der Waals surface area contributed by atoms with Crippen LogP contribution in [0.15, 0.2) is 18.2 Å². The normalized spacial score (nSPS) is 27.2. The van der Waals surface area contributed by atoms with Gasteiger partial charge < -0.3 is 10.6 Å². The van der Waals surface area contributed by atoms with E-state index in [9.17, 15) is 0 Å². The Bertz CT molecular complexity index is 694. The molecule has 2 aliphatic carbocycles. The number of nitrogens with one attached hydrogen (secondary N) is 2. The van der Waals surface area contributed by atoms with E-state index in [0.29, 0.717) is 6.04 Å². The molecule has 0 unspecified atom stereocenters. The number of thiocarbonyl (C=S) groups is 1. The van der Waals surface area contributed by atoms with E-state index >= 15 is 0 Å². The number of aromatic nitrogens is 1. The second-order valence-corrected chi connectivity index (χ2v) is 7.94. The fourth-order valence-electron chi connectivity index (χ4n) is 3.87. The summed E-state index contributed by atoms with van der Waals surface area (Å²) in [5.74, 6) is 1.77. The molecular weight excluding hydrogens is 298 g/mol. The molecule has 1 aromatic carbocycles. The van der Waals surface area contributed by atoms with E-state index in [2.05, 4.69) is 33.8 Å². The molecule has 2 aliphatic rings. The van der Waals surface area contributed by atoms with Crippen molar-refractivity contribution < 1.29 is 0 Å². The highest BCUT2D eigenvalue weighted by atomic mass is 32.1. The van der Waals surface area contributed by atoms with Gasteiger partial charge in [-0.25, -0.2) is 4.98 Å². The van der Waals surface area contributed by atoms with Crippen LogP contribution in [-0.4, -0.2) is 16.1 Å². The summed E-state index contributed by atoms with van der Waals surface area (Å²) in [6.07, 6.45) is 5.48. The van der Waals surface area contributed by atoms with Crippen molar-refractivity contribution in [1.29, 1.82) is 0 Å². The molecule has 0 saturated heterocycles. The predicted molar refractivity (Wildman–Crippen MR) is 92.9 cm³/mol. The molecule has 0 spiro atoms. The molecule has 110 valence electrons. The standard InChI is InChI=1S/C16H19N3S2/c1-9-17-13-5-4-12(8-15(13)21-9)18-16(20)19-14-7-10-2-3-11(14)6-10/h4-5,8,10-11,14H,2-3,6-7H2,1H3,(H2,18,19,20)/t10-,11-,14-/m0/s1. The van der Waals surface area contributed by atoms with E-state index in [4.69, 9.17) is 12.2 Å². The molecule has 0 aliphatic heterocycles. The molecule has 3 atom stereocenters. The largest absolute Gasteiger partial charge is 0.359 e. The van der Waals surface area contributed by atoms with Gasteiger partial charge in [-0.3, -0.25) is 0 Å². The molecule has 1 aromatic heterocycles. The van der Waals surface area contributed by atoms with Crippen molar-refractivity contribution in [2.75, 3.05) is 5.32 Å². The van der Waals surface area contributed by atoms with Crippen molar-refractivity contribution in [2.24, 2.45) is 11.8 Å². The van der Waals surface area contributed by atoms with E-state index in [1.807, 2.05) is 6.92 Å². The summed E-state index contributed by atoms with van der Waals surface area (Å²) in [5.41, 5.74) is 2.11. The van der Waals surface area contributed by atoms with Gasteiger partial charge in [0.1, 0.15) is 0 Å². The molecule has 1 heterocycles. The van der Waals surface area contributed by atoms with E-state index in [1.54, 1.807) is 11.3 Å². The number of anilines is 1. The first kappa shape index (κ1) is 13.5. The van der Waals surface area contributed by atoms with Gasteiger partial charge in [0.2, 0.25) is 0 Å². The van der Waals surface area contributed by atoms with E-state index < -0.39 is 0 Å². The van der Waals surface area contributed by atoms with Gasteiger partial charge >= 0.3 is 0 Å². The maximum atomic E-state index is 5.48. The maximum Gasteiger partial charge on any atom is 0.171 e. The molecule has 0 radical (unpaired) electrons. The maximum absolute atomic E-state index is 5.48. The van der Waals surface area contributed by atoms with Crippen molar-refractivity contribution in [3.05, 3.63) is 23.2 Å². The first-order valence-electron chi connectivity index (χ1n) is 7.62. The topological polar surface area (TPSA) is 37.0 Å². The van der Waals surface area contributed by atoms with Crippen LogP contribution < -0.4 is 10.6 Å². The van der Waals surface area contributed by atoms with Gasteiger partial charge in [0.25, 0.3) is 0 Å². The Morgan fingerprint density at radius 2 is 2.24 bits per heavy atom. The van der Waals surface area contributed by atoms with Gasteiger partial charge in [-0.15, -0.1) is 11.3 Å². The van der Waals surface area contributed by atoms with Crippen LogP contribution in [0.3, 0.4) is 0 Å². The zero-order valence-corrected chi connectivity index (χ0v) is 13.7. The smallest absolute Gasteiger partial charge is 0.171 e. The van der Waals surface area contributed by atoms with E-state index in [1.165, 1.54) is 30.4 Å². The Morgan fingerprint density at radius 3 is 3.00 bits per heavy atom. The zero-order chi connectivity index (χ0) is 14.4. The van der Waals surface area contributed by atoms with E-state index in [0.717, 1.165) is 33.2 Å². The summed E-state index contributed by atoms with van der Waals surface area (Å²) < 4.78 is 1.21. The lowest BCUT2D eigenvalue weighted by atomic mass is 9.96. The van der Waals surface area contributed by atoms with Crippen LogP contribution in [0.4, 0.5) is 5.69 Å². The lowest BCUT2D eigenvalue weighted by molar-refractivity contribution is 0.392. The Hall–Kier alpha value is -1.20. The van der Waals surface area contributed by atoms with Gasteiger partial charge in [-0.1, -0.05) is 6.42 Å². The van der Waals surface area contributed by atoms with Crippen molar-refractivity contribution in [2.45, 2.75) is 38.6 Å². The molecule has 2 aromatic rings. The average Bonchev–Trinajstić information content (AvgIpc) is 3.11. The summed E-state index contributed by atoms with van der Waals surface area (Å²) >= 11 is 7.20. The van der Waals surface area contributed by atoms with Crippen molar-refractivity contribution in [3.8, 4) is 0 Å². The number of hydrogen-bond acceptors (Lipinski definition) is 3. The lowest BCUT2D eigenvalue weighted by Gasteiger charge is -2.24. The minimum atomic E-state index is 0.582. The SMILES string of the molecule is Cc1nc2ccc(NC(=S)N[C@H]3C[C@H]4CC[C@H]3C4)cc2s1. The highest BCUT2D eigenvalue weighted by Crippen LogP contribution is 2.44.